The fourth-order valence-electron chi connectivity index (χ4n) is 5.02. The van der Waals surface area contributed by atoms with E-state index in [9.17, 15) is 23.3 Å². The van der Waals surface area contributed by atoms with Crippen molar-refractivity contribution >= 4 is 21.7 Å². The highest BCUT2D eigenvalue weighted by Gasteiger charge is 2.41. The molecule has 0 bridgehead atoms. The number of piperazine rings is 1. The van der Waals surface area contributed by atoms with Gasteiger partial charge in [-0.1, -0.05) is 29.8 Å². The van der Waals surface area contributed by atoms with Gasteiger partial charge in [0, 0.05) is 31.7 Å². The van der Waals surface area contributed by atoms with Crippen molar-refractivity contribution < 1.29 is 22.9 Å². The normalized spacial score (nSPS) is 18.4. The first kappa shape index (κ1) is 28.7. The first-order chi connectivity index (χ1) is 17.1. The van der Waals surface area contributed by atoms with Crippen LogP contribution >= 0.6 is 0 Å². The number of sulfonamides is 1. The molecule has 1 saturated heterocycles. The molecular weight excluding hydrogens is 494 g/mol. The van der Waals surface area contributed by atoms with Gasteiger partial charge in [-0.15, -0.1) is 0 Å². The molecule has 37 heavy (non-hydrogen) atoms. The monoisotopic (exact) mass is 531 g/mol. The lowest BCUT2D eigenvalue weighted by Gasteiger charge is -2.42. The van der Waals surface area contributed by atoms with Gasteiger partial charge in [-0.2, -0.15) is 4.31 Å². The predicted molar refractivity (Wildman–Crippen MR) is 142 cm³/mol. The summed E-state index contributed by atoms with van der Waals surface area (Å²) in [5, 5.41) is 11.5. The number of para-hydroxylation sites is 1. The number of carbonyl (C=O) groups is 1. The van der Waals surface area contributed by atoms with Gasteiger partial charge in [0.1, 0.15) is 11.6 Å². The number of benzene rings is 2. The minimum absolute atomic E-state index is 0.0979. The Labute approximate surface area is 219 Å². The summed E-state index contributed by atoms with van der Waals surface area (Å²) in [5.74, 6) is -0.353. The van der Waals surface area contributed by atoms with Crippen LogP contribution in [0.3, 0.4) is 0 Å². The number of hydrogen-bond donors (Lipinski definition) is 0. The molecule has 0 unspecified atom stereocenters. The average Bonchev–Trinajstić information content (AvgIpc) is 2.77. The third-order valence-corrected chi connectivity index (χ3v) is 8.66. The molecule has 2 atom stereocenters. The number of nitro benzene ring substituents is 1. The number of rotatable bonds is 7. The Kier molecular flexibility index (Phi) is 8.46. The van der Waals surface area contributed by atoms with Crippen LogP contribution < -0.4 is 0 Å². The molecule has 3 rings (SSSR count). The van der Waals surface area contributed by atoms with Gasteiger partial charge in [-0.25, -0.2) is 8.42 Å². The summed E-state index contributed by atoms with van der Waals surface area (Å²) in [6.07, 6.45) is 0.441. The quantitative estimate of drug-likeness (QED) is 0.300. The smallest absolute Gasteiger partial charge is 0.324 e. The fraction of sp³-hybridized carbons (Fsp3) is 0.519. The van der Waals surface area contributed by atoms with E-state index in [1.54, 1.807) is 6.92 Å². The Bertz CT molecular complexity index is 1260. The third kappa shape index (κ3) is 6.55. The Morgan fingerprint density at radius 1 is 1.14 bits per heavy atom. The summed E-state index contributed by atoms with van der Waals surface area (Å²) in [6.45, 7) is 14.0. The van der Waals surface area contributed by atoms with Gasteiger partial charge in [0.15, 0.2) is 4.90 Å². The second-order valence-electron chi connectivity index (χ2n) is 10.8. The van der Waals surface area contributed by atoms with Crippen LogP contribution in [-0.4, -0.2) is 65.8 Å². The molecule has 0 radical (unpaired) electrons. The summed E-state index contributed by atoms with van der Waals surface area (Å²) in [5.41, 5.74) is 3.29. The molecule has 2 aromatic rings. The van der Waals surface area contributed by atoms with Crippen molar-refractivity contribution in [1.82, 2.24) is 9.21 Å². The summed E-state index contributed by atoms with van der Waals surface area (Å²) in [4.78, 5) is 25.9. The van der Waals surface area contributed by atoms with E-state index in [1.807, 2.05) is 46.4 Å². The largest absolute Gasteiger partial charge is 0.459 e. The molecule has 0 amide bonds. The molecule has 1 heterocycles. The molecule has 0 N–H and O–H groups in total. The van der Waals surface area contributed by atoms with Crippen LogP contribution in [0.15, 0.2) is 41.3 Å². The first-order valence-corrected chi connectivity index (χ1v) is 13.8. The minimum Gasteiger partial charge on any atom is -0.459 e. The van der Waals surface area contributed by atoms with Crippen LogP contribution in [0.5, 0.6) is 0 Å². The highest BCUT2D eigenvalue weighted by Crippen LogP contribution is 2.30. The van der Waals surface area contributed by atoms with Gasteiger partial charge in [-0.05, 0) is 77.6 Å². The van der Waals surface area contributed by atoms with Gasteiger partial charge >= 0.3 is 5.97 Å². The van der Waals surface area contributed by atoms with Crippen molar-refractivity contribution in [1.29, 1.82) is 0 Å². The molecule has 10 heteroatoms. The second kappa shape index (κ2) is 10.9. The van der Waals surface area contributed by atoms with Crippen molar-refractivity contribution in [2.75, 3.05) is 19.6 Å². The first-order valence-electron chi connectivity index (χ1n) is 12.4. The standard InChI is InChI=1S/C27H37N3O6S/c1-18-14-19(2)22(20(3)15-18)16-24(26(31)36-27(5,6)7)28-12-13-29(21(4)17-28)37(34,35)25-11-9-8-10-23(25)30(32)33/h8-11,14-15,21,24H,12-13,16-17H2,1-7H3/t21-,24-/m0/s1. The molecule has 0 aliphatic carbocycles. The van der Waals surface area contributed by atoms with Crippen LogP contribution in [-0.2, 0) is 26.0 Å². The summed E-state index contributed by atoms with van der Waals surface area (Å²) >= 11 is 0. The Balaban J connectivity index is 1.91. The van der Waals surface area contributed by atoms with E-state index in [2.05, 4.69) is 12.1 Å². The Hall–Kier alpha value is -2.82. The van der Waals surface area contributed by atoms with Crippen LogP contribution in [0.25, 0.3) is 0 Å². The zero-order valence-electron chi connectivity index (χ0n) is 22.6. The molecule has 0 spiro atoms. The summed E-state index contributed by atoms with van der Waals surface area (Å²) in [7, 11) is -4.11. The van der Waals surface area contributed by atoms with E-state index >= 15 is 0 Å². The maximum absolute atomic E-state index is 13.4. The van der Waals surface area contributed by atoms with Gasteiger partial charge in [0.05, 0.1) is 4.92 Å². The molecule has 0 saturated carbocycles. The van der Waals surface area contributed by atoms with Gasteiger partial charge < -0.3 is 4.74 Å². The topological polar surface area (TPSA) is 110 Å². The number of aryl methyl sites for hydroxylation is 3. The lowest BCUT2D eigenvalue weighted by atomic mass is 9.93. The Morgan fingerprint density at radius 2 is 1.73 bits per heavy atom. The number of nitro groups is 1. The number of ether oxygens (including phenoxy) is 1. The van der Waals surface area contributed by atoms with Crippen LogP contribution in [0.1, 0.15) is 49.9 Å². The van der Waals surface area contributed by atoms with Crippen LogP contribution in [0.2, 0.25) is 0 Å². The molecular formula is C27H37N3O6S. The van der Waals surface area contributed by atoms with Crippen molar-refractivity contribution in [3.63, 3.8) is 0 Å². The maximum atomic E-state index is 13.4. The number of carbonyl (C=O) groups excluding carboxylic acids is 1. The lowest BCUT2D eigenvalue weighted by Crippen LogP contribution is -2.59. The van der Waals surface area contributed by atoms with E-state index in [0.29, 0.717) is 6.42 Å². The number of esters is 1. The average molecular weight is 532 g/mol. The highest BCUT2D eigenvalue weighted by atomic mass is 32.2. The second-order valence-corrected chi connectivity index (χ2v) is 12.7. The maximum Gasteiger partial charge on any atom is 0.324 e. The van der Waals surface area contributed by atoms with Crippen molar-refractivity contribution in [2.45, 2.75) is 77.5 Å². The van der Waals surface area contributed by atoms with Crippen molar-refractivity contribution in [2.24, 2.45) is 0 Å². The molecule has 1 fully saturated rings. The van der Waals surface area contributed by atoms with Gasteiger partial charge in [-0.3, -0.25) is 19.8 Å². The van der Waals surface area contributed by atoms with E-state index < -0.39 is 38.3 Å². The summed E-state index contributed by atoms with van der Waals surface area (Å²) in [6, 6.07) is 8.45. The van der Waals surface area contributed by atoms with Gasteiger partial charge in [0.25, 0.3) is 5.69 Å². The van der Waals surface area contributed by atoms with Crippen molar-refractivity contribution in [3.8, 4) is 0 Å². The highest BCUT2D eigenvalue weighted by molar-refractivity contribution is 7.89. The Morgan fingerprint density at radius 3 is 2.27 bits per heavy atom. The zero-order valence-corrected chi connectivity index (χ0v) is 23.5. The SMILES string of the molecule is Cc1cc(C)c(C[C@@H](C(=O)OC(C)(C)C)N2CCN(S(=O)(=O)c3ccccc3[N+](=O)[O-])[C@@H](C)C2)c(C)c1. The molecule has 1 aliphatic rings. The molecule has 202 valence electrons. The van der Waals surface area contributed by atoms with E-state index in [4.69, 9.17) is 4.74 Å². The van der Waals surface area contributed by atoms with Gasteiger partial charge in [0.2, 0.25) is 10.0 Å². The molecule has 0 aromatic heterocycles. The summed E-state index contributed by atoms with van der Waals surface area (Å²) < 4.78 is 34.0. The minimum atomic E-state index is -4.11. The van der Waals surface area contributed by atoms with Crippen LogP contribution in [0, 0.1) is 30.9 Å². The zero-order chi connectivity index (χ0) is 27.7. The third-order valence-electron chi connectivity index (χ3n) is 6.60. The molecule has 2 aromatic carbocycles. The molecule has 1 aliphatic heterocycles. The van der Waals surface area contributed by atoms with Crippen LogP contribution in [0.4, 0.5) is 5.69 Å². The van der Waals surface area contributed by atoms with E-state index in [1.165, 1.54) is 28.6 Å². The molecule has 9 nitrogen and oxygen atoms in total. The lowest BCUT2D eigenvalue weighted by molar-refractivity contribution is -0.387. The number of nitrogens with zero attached hydrogens (tertiary/aromatic N) is 3. The number of hydrogen-bond acceptors (Lipinski definition) is 7. The van der Waals surface area contributed by atoms with E-state index in [0.717, 1.165) is 22.3 Å². The predicted octanol–water partition coefficient (Wildman–Crippen LogP) is 4.17. The van der Waals surface area contributed by atoms with Crippen molar-refractivity contribution in [3.05, 3.63) is 68.8 Å². The fourth-order valence-corrected chi connectivity index (χ4v) is 6.79. The van der Waals surface area contributed by atoms with E-state index in [-0.39, 0.29) is 30.5 Å².